The third-order valence-corrected chi connectivity index (χ3v) is 5.07. The van der Waals surface area contributed by atoms with Crippen LogP contribution in [0.5, 0.6) is 5.75 Å². The van der Waals surface area contributed by atoms with Crippen molar-refractivity contribution in [1.82, 2.24) is 25.1 Å². The molecule has 1 aromatic heterocycles. The van der Waals surface area contributed by atoms with Crippen LogP contribution in [0.25, 0.3) is 0 Å². The lowest BCUT2D eigenvalue weighted by Crippen LogP contribution is -2.50. The molecule has 0 bridgehead atoms. The third kappa shape index (κ3) is 4.95. The van der Waals surface area contributed by atoms with E-state index in [4.69, 9.17) is 4.74 Å². The Bertz CT molecular complexity index is 850. The standard InChI is InChI=1S/C21H29N5O3/c1-4-29-19-8-6-5-7-16(19)17(24-15(2)27)13-20(28)26-12-9-22-14-18(26)21-23-10-11-25(21)3/h5-8,10-11,17-18,22H,4,9,12-14H2,1-3H3,(H,24,27). The Morgan fingerprint density at radius 2 is 2.17 bits per heavy atom. The summed E-state index contributed by atoms with van der Waals surface area (Å²) in [6, 6.07) is 6.93. The number of carbonyl (C=O) groups excluding carboxylic acids is 2. The molecule has 2 unspecified atom stereocenters. The highest BCUT2D eigenvalue weighted by molar-refractivity contribution is 5.80. The number of nitrogens with one attached hydrogen (secondary N) is 2. The molecule has 8 nitrogen and oxygen atoms in total. The van der Waals surface area contributed by atoms with E-state index in [1.807, 2.05) is 53.9 Å². The van der Waals surface area contributed by atoms with Crippen LogP contribution in [0.1, 0.15) is 43.7 Å². The number of carbonyl (C=O) groups is 2. The topological polar surface area (TPSA) is 88.5 Å². The molecule has 156 valence electrons. The van der Waals surface area contributed by atoms with E-state index in [2.05, 4.69) is 15.6 Å². The van der Waals surface area contributed by atoms with Crippen LogP contribution in [-0.4, -0.2) is 52.5 Å². The zero-order valence-electron chi connectivity index (χ0n) is 17.2. The number of rotatable bonds is 7. The predicted octanol–water partition coefficient (Wildman–Crippen LogP) is 1.56. The summed E-state index contributed by atoms with van der Waals surface area (Å²) in [7, 11) is 1.93. The average molecular weight is 399 g/mol. The van der Waals surface area contributed by atoms with Gasteiger partial charge in [0.25, 0.3) is 0 Å². The SMILES string of the molecule is CCOc1ccccc1C(CC(=O)N1CCNCC1c1nccn1C)NC(C)=O. The van der Waals surface area contributed by atoms with E-state index in [-0.39, 0.29) is 24.3 Å². The van der Waals surface area contributed by atoms with Gasteiger partial charge in [-0.1, -0.05) is 18.2 Å². The van der Waals surface area contributed by atoms with Gasteiger partial charge in [-0.15, -0.1) is 0 Å². The van der Waals surface area contributed by atoms with Gasteiger partial charge in [0.15, 0.2) is 0 Å². The summed E-state index contributed by atoms with van der Waals surface area (Å²) in [6.45, 7) is 5.85. The number of hydrogen-bond donors (Lipinski definition) is 2. The Hall–Kier alpha value is -2.87. The van der Waals surface area contributed by atoms with E-state index in [0.29, 0.717) is 25.4 Å². The molecule has 1 fully saturated rings. The summed E-state index contributed by atoms with van der Waals surface area (Å²) in [5.74, 6) is 1.32. The molecular weight excluding hydrogens is 370 g/mol. The minimum atomic E-state index is -0.459. The molecule has 1 aliphatic rings. The number of amides is 2. The number of imidazole rings is 1. The highest BCUT2D eigenvalue weighted by Gasteiger charge is 2.32. The maximum Gasteiger partial charge on any atom is 0.225 e. The minimum absolute atomic E-state index is 0.0236. The quantitative estimate of drug-likeness (QED) is 0.738. The lowest BCUT2D eigenvalue weighted by molar-refractivity contribution is -0.135. The number of para-hydroxylation sites is 1. The molecule has 2 amide bonds. The Labute approximate surface area is 171 Å². The molecule has 2 heterocycles. The smallest absolute Gasteiger partial charge is 0.225 e. The zero-order valence-corrected chi connectivity index (χ0v) is 17.2. The van der Waals surface area contributed by atoms with Gasteiger partial charge in [0.1, 0.15) is 17.6 Å². The van der Waals surface area contributed by atoms with Crippen molar-refractivity contribution in [2.75, 3.05) is 26.2 Å². The lowest BCUT2D eigenvalue weighted by Gasteiger charge is -2.36. The fourth-order valence-electron chi connectivity index (χ4n) is 3.76. The first-order chi connectivity index (χ1) is 14.0. The number of benzene rings is 1. The second kappa shape index (κ2) is 9.56. The normalized spacial score (nSPS) is 17.6. The van der Waals surface area contributed by atoms with Crippen molar-refractivity contribution in [1.29, 1.82) is 0 Å². The molecule has 0 saturated carbocycles. The number of aryl methyl sites for hydroxylation is 1. The molecule has 0 spiro atoms. The van der Waals surface area contributed by atoms with Gasteiger partial charge in [-0.05, 0) is 13.0 Å². The van der Waals surface area contributed by atoms with Crippen molar-refractivity contribution in [2.24, 2.45) is 7.05 Å². The second-order valence-electron chi connectivity index (χ2n) is 7.13. The molecule has 29 heavy (non-hydrogen) atoms. The summed E-state index contributed by atoms with van der Waals surface area (Å²) in [4.78, 5) is 31.5. The maximum absolute atomic E-state index is 13.3. The molecular formula is C21H29N5O3. The van der Waals surface area contributed by atoms with E-state index in [1.165, 1.54) is 6.92 Å². The van der Waals surface area contributed by atoms with E-state index < -0.39 is 6.04 Å². The van der Waals surface area contributed by atoms with Gasteiger partial charge >= 0.3 is 0 Å². The summed E-state index contributed by atoms with van der Waals surface area (Å²) in [5.41, 5.74) is 0.807. The van der Waals surface area contributed by atoms with Gasteiger partial charge in [0.2, 0.25) is 11.8 Å². The second-order valence-corrected chi connectivity index (χ2v) is 7.13. The van der Waals surface area contributed by atoms with E-state index in [0.717, 1.165) is 17.9 Å². The summed E-state index contributed by atoms with van der Waals surface area (Å²) >= 11 is 0. The molecule has 0 aliphatic carbocycles. The molecule has 8 heteroatoms. The van der Waals surface area contributed by atoms with Crippen molar-refractivity contribution in [2.45, 2.75) is 32.4 Å². The van der Waals surface area contributed by atoms with Crippen LogP contribution in [0.2, 0.25) is 0 Å². The van der Waals surface area contributed by atoms with Crippen molar-refractivity contribution >= 4 is 11.8 Å². The molecule has 2 aromatic rings. The van der Waals surface area contributed by atoms with Crippen molar-refractivity contribution in [3.8, 4) is 5.75 Å². The number of ether oxygens (including phenoxy) is 1. The van der Waals surface area contributed by atoms with Gasteiger partial charge in [-0.25, -0.2) is 4.98 Å². The number of aromatic nitrogens is 2. The van der Waals surface area contributed by atoms with E-state index in [9.17, 15) is 9.59 Å². The molecule has 2 atom stereocenters. The summed E-state index contributed by atoms with van der Waals surface area (Å²) in [6.07, 6.45) is 3.78. The maximum atomic E-state index is 13.3. The fourth-order valence-corrected chi connectivity index (χ4v) is 3.76. The van der Waals surface area contributed by atoms with Crippen molar-refractivity contribution < 1.29 is 14.3 Å². The molecule has 0 radical (unpaired) electrons. The lowest BCUT2D eigenvalue weighted by atomic mass is 10.0. The third-order valence-electron chi connectivity index (χ3n) is 5.07. The fraction of sp³-hybridized carbons (Fsp3) is 0.476. The van der Waals surface area contributed by atoms with Crippen molar-refractivity contribution in [3.63, 3.8) is 0 Å². The number of piperazine rings is 1. The molecule has 1 aromatic carbocycles. The monoisotopic (exact) mass is 399 g/mol. The average Bonchev–Trinajstić information content (AvgIpc) is 3.13. The van der Waals surface area contributed by atoms with Crippen LogP contribution in [0.3, 0.4) is 0 Å². The Morgan fingerprint density at radius 1 is 1.38 bits per heavy atom. The van der Waals surface area contributed by atoms with Crippen LogP contribution in [0.4, 0.5) is 0 Å². The highest BCUT2D eigenvalue weighted by atomic mass is 16.5. The molecule has 3 rings (SSSR count). The van der Waals surface area contributed by atoms with Gasteiger partial charge in [0.05, 0.1) is 19.1 Å². The van der Waals surface area contributed by atoms with Crippen LogP contribution in [0, 0.1) is 0 Å². The first kappa shape index (κ1) is 20.9. The Balaban J connectivity index is 1.84. The Morgan fingerprint density at radius 3 is 2.86 bits per heavy atom. The van der Waals surface area contributed by atoms with Gasteiger partial charge in [0, 0.05) is 51.6 Å². The van der Waals surface area contributed by atoms with E-state index in [1.54, 1.807) is 6.20 Å². The largest absolute Gasteiger partial charge is 0.494 e. The van der Waals surface area contributed by atoms with Gasteiger partial charge in [-0.3, -0.25) is 9.59 Å². The first-order valence-corrected chi connectivity index (χ1v) is 9.97. The van der Waals surface area contributed by atoms with Crippen LogP contribution >= 0.6 is 0 Å². The molecule has 1 aliphatic heterocycles. The highest BCUT2D eigenvalue weighted by Crippen LogP contribution is 2.30. The van der Waals surface area contributed by atoms with Gasteiger partial charge < -0.3 is 24.8 Å². The van der Waals surface area contributed by atoms with Crippen molar-refractivity contribution in [3.05, 3.63) is 48.0 Å². The minimum Gasteiger partial charge on any atom is -0.494 e. The first-order valence-electron chi connectivity index (χ1n) is 9.97. The number of hydrogen-bond acceptors (Lipinski definition) is 5. The zero-order chi connectivity index (χ0) is 20.8. The van der Waals surface area contributed by atoms with Crippen LogP contribution < -0.4 is 15.4 Å². The molecule has 1 saturated heterocycles. The predicted molar refractivity (Wildman–Crippen MR) is 109 cm³/mol. The Kier molecular flexibility index (Phi) is 6.87. The van der Waals surface area contributed by atoms with Crippen LogP contribution in [0.15, 0.2) is 36.7 Å². The van der Waals surface area contributed by atoms with E-state index >= 15 is 0 Å². The summed E-state index contributed by atoms with van der Waals surface area (Å²) in [5, 5.41) is 6.26. The van der Waals surface area contributed by atoms with Crippen LogP contribution in [-0.2, 0) is 16.6 Å². The van der Waals surface area contributed by atoms with Gasteiger partial charge in [-0.2, -0.15) is 0 Å². The molecule has 2 N–H and O–H groups in total. The summed E-state index contributed by atoms with van der Waals surface area (Å²) < 4.78 is 7.66. The number of nitrogens with zero attached hydrogens (tertiary/aromatic N) is 3.